The van der Waals surface area contributed by atoms with Crippen LogP contribution in [0, 0.1) is 18.6 Å². The maximum Gasteiger partial charge on any atom is 0.214 e. The zero-order valence-electron chi connectivity index (χ0n) is 24.2. The first-order valence-electron chi connectivity index (χ1n) is 14.3. The van der Waals surface area contributed by atoms with Gasteiger partial charge in [0.05, 0.1) is 23.1 Å². The van der Waals surface area contributed by atoms with Gasteiger partial charge in [-0.05, 0) is 81.6 Å². The Morgan fingerprint density at radius 1 is 1.00 bits per heavy atom. The molecule has 10 heteroatoms. The van der Waals surface area contributed by atoms with Gasteiger partial charge >= 0.3 is 0 Å². The van der Waals surface area contributed by atoms with Gasteiger partial charge in [-0.25, -0.2) is 13.5 Å². The van der Waals surface area contributed by atoms with Crippen molar-refractivity contribution in [2.24, 2.45) is 0 Å². The Labute approximate surface area is 248 Å². The van der Waals surface area contributed by atoms with Crippen molar-refractivity contribution in [2.75, 3.05) is 18.8 Å². The number of H-pyrrole nitrogens is 1. The zero-order valence-corrected chi connectivity index (χ0v) is 24.2. The molecule has 6 rings (SSSR count). The Hall–Kier alpha value is -4.70. The first kappa shape index (κ1) is 28.4. The number of ketones is 1. The van der Waals surface area contributed by atoms with E-state index < -0.39 is 11.6 Å². The molecule has 1 fully saturated rings. The SMILES string of the molecule is Cc1cc(-n2ncc(C(=O)c3cc4cc(OC5CCN(C(C)C)CC5)c(F)cc4[nH]3)c2N)ccc1Oc1ccccc1F. The summed E-state index contributed by atoms with van der Waals surface area (Å²) in [6.45, 7) is 7.98. The van der Waals surface area contributed by atoms with Crippen molar-refractivity contribution < 1.29 is 23.0 Å². The van der Waals surface area contributed by atoms with Crippen LogP contribution >= 0.6 is 0 Å². The van der Waals surface area contributed by atoms with Gasteiger partial charge in [0, 0.05) is 36.1 Å². The lowest BCUT2D eigenvalue weighted by Crippen LogP contribution is -2.41. The van der Waals surface area contributed by atoms with Gasteiger partial charge in [-0.15, -0.1) is 0 Å². The number of nitrogens with zero attached hydrogens (tertiary/aromatic N) is 3. The van der Waals surface area contributed by atoms with Gasteiger partial charge in [0.15, 0.2) is 23.1 Å². The monoisotopic (exact) mass is 585 g/mol. The second-order valence-corrected chi connectivity index (χ2v) is 11.2. The van der Waals surface area contributed by atoms with Gasteiger partial charge in [0.25, 0.3) is 0 Å². The number of carbonyl (C=O) groups excluding carboxylic acids is 1. The number of nitrogens with one attached hydrogen (secondary N) is 1. The molecule has 0 atom stereocenters. The molecule has 0 radical (unpaired) electrons. The third-order valence-electron chi connectivity index (χ3n) is 7.93. The van der Waals surface area contributed by atoms with Crippen LogP contribution in [0.5, 0.6) is 17.2 Å². The van der Waals surface area contributed by atoms with Gasteiger partial charge in [0.2, 0.25) is 5.78 Å². The fourth-order valence-electron chi connectivity index (χ4n) is 5.45. The van der Waals surface area contributed by atoms with E-state index in [0.717, 1.165) is 31.5 Å². The number of hydrogen-bond acceptors (Lipinski definition) is 6. The van der Waals surface area contributed by atoms with Gasteiger partial charge in [-0.2, -0.15) is 5.10 Å². The molecule has 0 bridgehead atoms. The number of anilines is 1. The summed E-state index contributed by atoms with van der Waals surface area (Å²) in [5.41, 5.74) is 8.65. The second-order valence-electron chi connectivity index (χ2n) is 11.2. The molecule has 0 spiro atoms. The van der Waals surface area contributed by atoms with Gasteiger partial charge in [-0.3, -0.25) is 4.79 Å². The van der Waals surface area contributed by atoms with Crippen LogP contribution in [0.1, 0.15) is 48.3 Å². The standard InChI is InChI=1S/C33H33F2N5O3/c1-19(2)39-12-10-23(11-13-39)42-31-16-21-15-28(38-27(21)17-26(31)35)32(41)24-18-37-40(33(24)36)22-8-9-29(20(3)14-22)43-30-7-5-4-6-25(30)34/h4-9,14-19,23,38H,10-13,36H2,1-3H3. The van der Waals surface area contributed by atoms with E-state index in [-0.39, 0.29) is 40.5 Å². The molecule has 1 aliphatic rings. The van der Waals surface area contributed by atoms with Crippen LogP contribution in [0.2, 0.25) is 0 Å². The normalized spacial score (nSPS) is 14.5. The van der Waals surface area contributed by atoms with E-state index in [1.54, 1.807) is 48.5 Å². The first-order valence-corrected chi connectivity index (χ1v) is 14.3. The Bertz CT molecular complexity index is 1800. The van der Waals surface area contributed by atoms with E-state index in [1.165, 1.54) is 23.0 Å². The molecule has 3 aromatic carbocycles. The van der Waals surface area contributed by atoms with Crippen LogP contribution in [0.3, 0.4) is 0 Å². The summed E-state index contributed by atoms with van der Waals surface area (Å²) in [7, 11) is 0. The summed E-state index contributed by atoms with van der Waals surface area (Å²) in [6, 6.07) is 16.5. The Balaban J connectivity index is 1.20. The number of fused-ring (bicyclic) bond motifs is 1. The fourth-order valence-corrected chi connectivity index (χ4v) is 5.45. The number of benzene rings is 3. The van der Waals surface area contributed by atoms with Crippen LogP contribution in [0.4, 0.5) is 14.6 Å². The number of ether oxygens (including phenoxy) is 2. The number of aromatic nitrogens is 3. The summed E-state index contributed by atoms with van der Waals surface area (Å²) in [5.74, 6) is -0.396. The number of nitrogens with two attached hydrogens (primary N) is 1. The fraction of sp³-hybridized carbons (Fsp3) is 0.273. The summed E-state index contributed by atoms with van der Waals surface area (Å²) in [6.07, 6.45) is 3.00. The molecule has 8 nitrogen and oxygen atoms in total. The average molecular weight is 586 g/mol. The van der Waals surface area contributed by atoms with Crippen LogP contribution in [-0.4, -0.2) is 50.7 Å². The molecule has 3 heterocycles. The van der Waals surface area contributed by atoms with Crippen molar-refractivity contribution >= 4 is 22.5 Å². The van der Waals surface area contributed by atoms with Crippen LogP contribution in [0.15, 0.2) is 66.9 Å². The first-order chi connectivity index (χ1) is 20.7. The number of nitrogen functional groups attached to an aromatic ring is 1. The number of piperidine rings is 1. The lowest BCUT2D eigenvalue weighted by atomic mass is 10.1. The van der Waals surface area contributed by atoms with Crippen LogP contribution in [0.25, 0.3) is 16.6 Å². The molecule has 2 aromatic heterocycles. The minimum absolute atomic E-state index is 0.0589. The minimum Gasteiger partial charge on any atom is -0.487 e. The van der Waals surface area contributed by atoms with E-state index in [4.69, 9.17) is 15.2 Å². The topological polar surface area (TPSA) is 98.4 Å². The highest BCUT2D eigenvalue weighted by molar-refractivity contribution is 6.12. The van der Waals surface area contributed by atoms with Crippen molar-refractivity contribution in [3.63, 3.8) is 0 Å². The molecule has 0 aliphatic carbocycles. The Morgan fingerprint density at radius 3 is 2.49 bits per heavy atom. The number of aryl methyl sites for hydroxylation is 1. The highest BCUT2D eigenvalue weighted by atomic mass is 19.1. The molecule has 43 heavy (non-hydrogen) atoms. The molecule has 0 saturated carbocycles. The van der Waals surface area contributed by atoms with E-state index >= 15 is 0 Å². The molecular formula is C33H33F2N5O3. The van der Waals surface area contributed by atoms with Crippen molar-refractivity contribution in [3.05, 3.63) is 95.3 Å². The number of halogens is 2. The maximum atomic E-state index is 15.0. The van der Waals surface area contributed by atoms with Crippen molar-refractivity contribution in [1.29, 1.82) is 0 Å². The van der Waals surface area contributed by atoms with E-state index in [9.17, 15) is 13.6 Å². The third-order valence-corrected chi connectivity index (χ3v) is 7.93. The van der Waals surface area contributed by atoms with E-state index in [1.807, 2.05) is 6.92 Å². The third kappa shape index (κ3) is 5.70. The predicted octanol–water partition coefficient (Wildman–Crippen LogP) is 6.80. The summed E-state index contributed by atoms with van der Waals surface area (Å²) < 4.78 is 42.2. The zero-order chi connectivity index (χ0) is 30.2. The molecule has 222 valence electrons. The molecule has 5 aromatic rings. The van der Waals surface area contributed by atoms with Gasteiger partial charge < -0.3 is 25.1 Å². The maximum absolute atomic E-state index is 15.0. The average Bonchev–Trinajstić information content (AvgIpc) is 3.58. The predicted molar refractivity (Wildman–Crippen MR) is 161 cm³/mol. The number of carbonyl (C=O) groups is 1. The smallest absolute Gasteiger partial charge is 0.214 e. The quantitative estimate of drug-likeness (QED) is 0.195. The number of rotatable bonds is 8. The molecule has 3 N–H and O–H groups in total. The van der Waals surface area contributed by atoms with Crippen molar-refractivity contribution in [2.45, 2.75) is 45.8 Å². The van der Waals surface area contributed by atoms with Crippen LogP contribution in [-0.2, 0) is 0 Å². The van der Waals surface area contributed by atoms with Gasteiger partial charge in [0.1, 0.15) is 17.7 Å². The molecule has 1 aliphatic heterocycles. The molecule has 0 amide bonds. The second kappa shape index (κ2) is 11.5. The highest BCUT2D eigenvalue weighted by Gasteiger charge is 2.24. The summed E-state index contributed by atoms with van der Waals surface area (Å²) in [5, 5.41) is 5.00. The Morgan fingerprint density at radius 2 is 1.77 bits per heavy atom. The highest BCUT2D eigenvalue weighted by Crippen LogP contribution is 2.31. The Kier molecular flexibility index (Phi) is 7.62. The van der Waals surface area contributed by atoms with E-state index in [2.05, 4.69) is 28.8 Å². The lowest BCUT2D eigenvalue weighted by Gasteiger charge is -2.34. The van der Waals surface area contributed by atoms with Gasteiger partial charge in [-0.1, -0.05) is 12.1 Å². The van der Waals surface area contributed by atoms with E-state index in [0.29, 0.717) is 28.4 Å². The largest absolute Gasteiger partial charge is 0.487 e. The molecule has 1 saturated heterocycles. The number of hydrogen-bond donors (Lipinski definition) is 2. The number of para-hydroxylation sites is 1. The minimum atomic E-state index is -0.482. The number of aromatic amines is 1. The van der Waals surface area contributed by atoms with Crippen LogP contribution < -0.4 is 15.2 Å². The van der Waals surface area contributed by atoms with Crippen molar-refractivity contribution in [1.82, 2.24) is 19.7 Å². The molecule has 0 unspecified atom stereocenters. The van der Waals surface area contributed by atoms with Crippen molar-refractivity contribution in [3.8, 4) is 22.9 Å². The summed E-state index contributed by atoms with van der Waals surface area (Å²) >= 11 is 0. The number of likely N-dealkylation sites (tertiary alicyclic amines) is 1. The summed E-state index contributed by atoms with van der Waals surface area (Å²) in [4.78, 5) is 18.9. The molecular weight excluding hydrogens is 552 g/mol. The lowest BCUT2D eigenvalue weighted by molar-refractivity contribution is 0.0817.